The first kappa shape index (κ1) is 14.0. The molecule has 3 N–H and O–H groups in total. The highest BCUT2D eigenvalue weighted by atomic mass is 16.1. The molecule has 0 radical (unpaired) electrons. The lowest BCUT2D eigenvalue weighted by molar-refractivity contribution is 0.0950. The number of aromatic nitrogens is 2. The molecule has 0 aromatic carbocycles. The second-order valence-electron chi connectivity index (χ2n) is 4.61. The van der Waals surface area contributed by atoms with Crippen LogP contribution in [0.4, 0.5) is 5.82 Å². The van der Waals surface area contributed by atoms with Crippen molar-refractivity contribution in [2.45, 2.75) is 26.8 Å². The zero-order valence-corrected chi connectivity index (χ0v) is 11.7. The summed E-state index contributed by atoms with van der Waals surface area (Å²) in [5.41, 5.74) is 9.16. The lowest BCUT2D eigenvalue weighted by Gasteiger charge is -2.09. The van der Waals surface area contributed by atoms with Crippen LogP contribution >= 0.6 is 0 Å². The molecular formula is C15H18N4O. The van der Waals surface area contributed by atoms with Crippen molar-refractivity contribution in [1.29, 1.82) is 0 Å². The van der Waals surface area contributed by atoms with E-state index >= 15 is 0 Å². The number of hydrogen-bond acceptors (Lipinski definition) is 4. The Kier molecular flexibility index (Phi) is 4.30. The Hall–Kier alpha value is -2.43. The van der Waals surface area contributed by atoms with Crippen molar-refractivity contribution in [1.82, 2.24) is 15.3 Å². The van der Waals surface area contributed by atoms with Gasteiger partial charge >= 0.3 is 0 Å². The zero-order chi connectivity index (χ0) is 14.5. The maximum Gasteiger partial charge on any atom is 0.251 e. The average molecular weight is 270 g/mol. The monoisotopic (exact) mass is 270 g/mol. The molecule has 5 heteroatoms. The molecule has 1 amide bonds. The Morgan fingerprint density at radius 2 is 2.20 bits per heavy atom. The first-order valence-corrected chi connectivity index (χ1v) is 6.54. The number of nitrogen functional groups attached to an aromatic ring is 1. The summed E-state index contributed by atoms with van der Waals surface area (Å²) < 4.78 is 0. The SMILES string of the molecule is CCc1cc(C(=O)NCc2ccncc2C)cc(N)n1. The van der Waals surface area contributed by atoms with Gasteiger partial charge in [0.15, 0.2) is 0 Å². The van der Waals surface area contributed by atoms with E-state index in [-0.39, 0.29) is 5.91 Å². The minimum absolute atomic E-state index is 0.148. The van der Waals surface area contributed by atoms with Crippen LogP contribution < -0.4 is 11.1 Å². The third-order valence-electron chi connectivity index (χ3n) is 3.10. The number of nitrogens with zero attached hydrogens (tertiary/aromatic N) is 2. The van der Waals surface area contributed by atoms with Crippen LogP contribution in [-0.4, -0.2) is 15.9 Å². The van der Waals surface area contributed by atoms with Crippen LogP contribution in [0.15, 0.2) is 30.6 Å². The third-order valence-corrected chi connectivity index (χ3v) is 3.10. The summed E-state index contributed by atoms with van der Waals surface area (Å²) in [5, 5.41) is 2.88. The van der Waals surface area contributed by atoms with E-state index in [1.54, 1.807) is 24.5 Å². The van der Waals surface area contributed by atoms with Gasteiger partial charge in [-0.1, -0.05) is 6.92 Å². The number of pyridine rings is 2. The first-order valence-electron chi connectivity index (χ1n) is 6.54. The van der Waals surface area contributed by atoms with Crippen LogP contribution in [0.25, 0.3) is 0 Å². The Labute approximate surface area is 118 Å². The molecule has 0 spiro atoms. The molecule has 0 bridgehead atoms. The quantitative estimate of drug-likeness (QED) is 0.888. The Morgan fingerprint density at radius 3 is 2.90 bits per heavy atom. The fraction of sp³-hybridized carbons (Fsp3) is 0.267. The van der Waals surface area contributed by atoms with Crippen LogP contribution in [0, 0.1) is 6.92 Å². The molecule has 0 aliphatic carbocycles. The molecule has 0 atom stereocenters. The van der Waals surface area contributed by atoms with E-state index in [4.69, 9.17) is 5.73 Å². The van der Waals surface area contributed by atoms with E-state index in [1.807, 2.05) is 19.9 Å². The second-order valence-corrected chi connectivity index (χ2v) is 4.61. The molecule has 2 rings (SSSR count). The van der Waals surface area contributed by atoms with E-state index in [9.17, 15) is 4.79 Å². The normalized spacial score (nSPS) is 10.3. The van der Waals surface area contributed by atoms with Gasteiger partial charge in [-0.15, -0.1) is 0 Å². The van der Waals surface area contributed by atoms with Crippen LogP contribution in [-0.2, 0) is 13.0 Å². The summed E-state index contributed by atoms with van der Waals surface area (Å²) in [6.07, 6.45) is 4.24. The number of aryl methyl sites for hydroxylation is 2. The van der Waals surface area contributed by atoms with Gasteiger partial charge in [0.25, 0.3) is 5.91 Å². The van der Waals surface area contributed by atoms with Gasteiger partial charge in [0.1, 0.15) is 5.82 Å². The van der Waals surface area contributed by atoms with Crippen LogP contribution in [0.5, 0.6) is 0 Å². The Morgan fingerprint density at radius 1 is 1.40 bits per heavy atom. The van der Waals surface area contributed by atoms with E-state index in [0.717, 1.165) is 23.2 Å². The highest BCUT2D eigenvalue weighted by Gasteiger charge is 2.09. The smallest absolute Gasteiger partial charge is 0.251 e. The Bertz CT molecular complexity index is 625. The molecule has 0 saturated carbocycles. The molecular weight excluding hydrogens is 252 g/mol. The molecule has 2 aromatic rings. The largest absolute Gasteiger partial charge is 0.384 e. The van der Waals surface area contributed by atoms with E-state index in [1.165, 1.54) is 0 Å². The number of carbonyl (C=O) groups excluding carboxylic acids is 1. The van der Waals surface area contributed by atoms with Gasteiger partial charge in [-0.25, -0.2) is 4.98 Å². The van der Waals surface area contributed by atoms with Crippen molar-refractivity contribution in [2.24, 2.45) is 0 Å². The van der Waals surface area contributed by atoms with Gasteiger partial charge in [-0.2, -0.15) is 0 Å². The maximum atomic E-state index is 12.1. The van der Waals surface area contributed by atoms with Gasteiger partial charge in [0.05, 0.1) is 0 Å². The fourth-order valence-electron chi connectivity index (χ4n) is 1.90. The van der Waals surface area contributed by atoms with E-state index in [2.05, 4.69) is 15.3 Å². The summed E-state index contributed by atoms with van der Waals surface area (Å²) in [4.78, 5) is 20.3. The van der Waals surface area contributed by atoms with Crippen LogP contribution in [0.3, 0.4) is 0 Å². The minimum Gasteiger partial charge on any atom is -0.384 e. The predicted octanol–water partition coefficient (Wildman–Crippen LogP) is 1.86. The second kappa shape index (κ2) is 6.14. The number of amides is 1. The van der Waals surface area contributed by atoms with Gasteiger partial charge < -0.3 is 11.1 Å². The Balaban J connectivity index is 2.09. The summed E-state index contributed by atoms with van der Waals surface area (Å²) in [5.74, 6) is 0.222. The standard InChI is InChI=1S/C15H18N4O/c1-3-13-6-12(7-14(16)19-13)15(20)18-9-11-4-5-17-8-10(11)2/h4-8H,3,9H2,1-2H3,(H2,16,19)(H,18,20). The first-order chi connectivity index (χ1) is 9.60. The van der Waals surface area contributed by atoms with E-state index in [0.29, 0.717) is 17.9 Å². The molecule has 0 fully saturated rings. The van der Waals surface area contributed by atoms with Gasteiger partial charge in [-0.3, -0.25) is 9.78 Å². The highest BCUT2D eigenvalue weighted by molar-refractivity contribution is 5.94. The van der Waals surface area contributed by atoms with Crippen LogP contribution in [0.2, 0.25) is 0 Å². The van der Waals surface area contributed by atoms with Crippen molar-refractivity contribution in [3.8, 4) is 0 Å². The molecule has 0 unspecified atom stereocenters. The summed E-state index contributed by atoms with van der Waals surface area (Å²) in [6, 6.07) is 5.26. The predicted molar refractivity (Wildman–Crippen MR) is 78.2 cm³/mol. The summed E-state index contributed by atoms with van der Waals surface area (Å²) in [6.45, 7) is 4.41. The van der Waals surface area contributed by atoms with Crippen molar-refractivity contribution in [3.05, 3.63) is 53.0 Å². The number of rotatable bonds is 4. The lowest BCUT2D eigenvalue weighted by Crippen LogP contribution is -2.23. The number of nitrogens with one attached hydrogen (secondary N) is 1. The minimum atomic E-state index is -0.148. The van der Waals surface area contributed by atoms with Crippen molar-refractivity contribution >= 4 is 11.7 Å². The number of hydrogen-bond donors (Lipinski definition) is 2. The van der Waals surface area contributed by atoms with E-state index < -0.39 is 0 Å². The molecule has 2 aromatic heterocycles. The van der Waals surface area contributed by atoms with Crippen molar-refractivity contribution in [2.75, 3.05) is 5.73 Å². The topological polar surface area (TPSA) is 80.9 Å². The average Bonchev–Trinajstić information content (AvgIpc) is 2.45. The molecule has 5 nitrogen and oxygen atoms in total. The number of anilines is 1. The fourth-order valence-corrected chi connectivity index (χ4v) is 1.90. The van der Waals surface area contributed by atoms with Crippen molar-refractivity contribution in [3.63, 3.8) is 0 Å². The lowest BCUT2D eigenvalue weighted by atomic mass is 10.1. The zero-order valence-electron chi connectivity index (χ0n) is 11.7. The molecule has 104 valence electrons. The van der Waals surface area contributed by atoms with Crippen molar-refractivity contribution < 1.29 is 4.79 Å². The molecule has 20 heavy (non-hydrogen) atoms. The number of carbonyl (C=O) groups is 1. The summed E-state index contributed by atoms with van der Waals surface area (Å²) >= 11 is 0. The summed E-state index contributed by atoms with van der Waals surface area (Å²) in [7, 11) is 0. The highest BCUT2D eigenvalue weighted by Crippen LogP contribution is 2.09. The molecule has 0 aliphatic rings. The maximum absolute atomic E-state index is 12.1. The molecule has 0 saturated heterocycles. The van der Waals surface area contributed by atoms with Gasteiger partial charge in [-0.05, 0) is 42.7 Å². The van der Waals surface area contributed by atoms with Gasteiger partial charge in [0.2, 0.25) is 0 Å². The molecule has 2 heterocycles. The van der Waals surface area contributed by atoms with Crippen LogP contribution in [0.1, 0.15) is 34.1 Å². The molecule has 0 aliphatic heterocycles. The third kappa shape index (κ3) is 3.32. The van der Waals surface area contributed by atoms with Gasteiger partial charge in [0, 0.05) is 30.2 Å². The number of nitrogens with two attached hydrogens (primary N) is 1.